The number of hydrogen-bond acceptors (Lipinski definition) is 3. The van der Waals surface area contributed by atoms with Gasteiger partial charge in [-0.1, -0.05) is 18.2 Å². The minimum atomic E-state index is -1.37. The smallest absolute Gasteiger partial charge is 0.338 e. The van der Waals surface area contributed by atoms with Crippen molar-refractivity contribution in [2.45, 2.75) is 18.5 Å². The number of ether oxygens (including phenoxy) is 1. The SMILES string of the molecule is O=C(OCC1(F)CCNCC1)c1ccccc1. The molecule has 2 rings (SSSR count). The van der Waals surface area contributed by atoms with Crippen LogP contribution in [0.4, 0.5) is 4.39 Å². The molecule has 0 aromatic heterocycles. The van der Waals surface area contributed by atoms with Crippen molar-refractivity contribution in [2.24, 2.45) is 0 Å². The van der Waals surface area contributed by atoms with Gasteiger partial charge in [0.25, 0.3) is 0 Å². The lowest BCUT2D eigenvalue weighted by molar-refractivity contribution is 0.00293. The summed E-state index contributed by atoms with van der Waals surface area (Å²) in [6.07, 6.45) is 0.796. The number of halogens is 1. The average molecular weight is 237 g/mol. The third-order valence-electron chi connectivity index (χ3n) is 2.97. The van der Waals surface area contributed by atoms with E-state index in [0.717, 1.165) is 0 Å². The van der Waals surface area contributed by atoms with E-state index >= 15 is 0 Å². The molecule has 0 radical (unpaired) electrons. The number of benzene rings is 1. The highest BCUT2D eigenvalue weighted by Gasteiger charge is 2.33. The molecule has 0 amide bonds. The van der Waals surface area contributed by atoms with Crippen LogP contribution in [0.25, 0.3) is 0 Å². The normalized spacial score (nSPS) is 18.6. The van der Waals surface area contributed by atoms with Crippen molar-refractivity contribution in [1.82, 2.24) is 5.32 Å². The van der Waals surface area contributed by atoms with Crippen molar-refractivity contribution in [1.29, 1.82) is 0 Å². The van der Waals surface area contributed by atoms with E-state index in [9.17, 15) is 9.18 Å². The first-order valence-corrected chi connectivity index (χ1v) is 5.81. The number of esters is 1. The quantitative estimate of drug-likeness (QED) is 0.816. The topological polar surface area (TPSA) is 38.3 Å². The van der Waals surface area contributed by atoms with Crippen molar-refractivity contribution >= 4 is 5.97 Å². The van der Waals surface area contributed by atoms with E-state index in [2.05, 4.69) is 5.32 Å². The van der Waals surface area contributed by atoms with Crippen molar-refractivity contribution in [3.05, 3.63) is 35.9 Å². The van der Waals surface area contributed by atoms with Crippen LogP contribution >= 0.6 is 0 Å². The van der Waals surface area contributed by atoms with Crippen LogP contribution in [0.2, 0.25) is 0 Å². The highest BCUT2D eigenvalue weighted by Crippen LogP contribution is 2.23. The number of carbonyl (C=O) groups excluding carboxylic acids is 1. The van der Waals surface area contributed by atoms with Gasteiger partial charge in [0.2, 0.25) is 0 Å². The standard InChI is InChI=1S/C13H16FNO2/c14-13(6-8-15-9-7-13)10-17-12(16)11-4-2-1-3-5-11/h1-5,15H,6-10H2. The molecule has 1 aromatic rings. The van der Waals surface area contributed by atoms with Gasteiger partial charge in [-0.05, 0) is 38.1 Å². The number of alkyl halides is 1. The zero-order chi connectivity index (χ0) is 12.1. The molecule has 17 heavy (non-hydrogen) atoms. The number of hydrogen-bond donors (Lipinski definition) is 1. The second kappa shape index (κ2) is 5.27. The molecule has 3 nitrogen and oxygen atoms in total. The Morgan fingerprint density at radius 3 is 2.59 bits per heavy atom. The van der Waals surface area contributed by atoms with E-state index in [1.165, 1.54) is 0 Å². The van der Waals surface area contributed by atoms with Gasteiger partial charge < -0.3 is 10.1 Å². The van der Waals surface area contributed by atoms with Crippen LogP contribution in [0.15, 0.2) is 30.3 Å². The van der Waals surface area contributed by atoms with E-state index in [1.807, 2.05) is 6.07 Å². The zero-order valence-corrected chi connectivity index (χ0v) is 9.62. The maximum Gasteiger partial charge on any atom is 0.338 e. The van der Waals surface area contributed by atoms with Crippen LogP contribution in [0.1, 0.15) is 23.2 Å². The fourth-order valence-electron chi connectivity index (χ4n) is 1.87. The molecule has 1 fully saturated rings. The first-order chi connectivity index (χ1) is 8.20. The summed E-state index contributed by atoms with van der Waals surface area (Å²) in [5.74, 6) is -0.457. The molecule has 1 saturated heterocycles. The molecule has 1 aromatic carbocycles. The van der Waals surface area contributed by atoms with Crippen LogP contribution in [0.5, 0.6) is 0 Å². The van der Waals surface area contributed by atoms with Crippen molar-refractivity contribution < 1.29 is 13.9 Å². The zero-order valence-electron chi connectivity index (χ0n) is 9.62. The Kier molecular flexibility index (Phi) is 3.74. The van der Waals surface area contributed by atoms with Gasteiger partial charge in [0.15, 0.2) is 0 Å². The van der Waals surface area contributed by atoms with Crippen LogP contribution in [-0.4, -0.2) is 31.3 Å². The van der Waals surface area contributed by atoms with Crippen LogP contribution in [0, 0.1) is 0 Å². The number of carbonyl (C=O) groups is 1. The van der Waals surface area contributed by atoms with Crippen LogP contribution in [0.3, 0.4) is 0 Å². The first-order valence-electron chi connectivity index (χ1n) is 5.81. The van der Waals surface area contributed by atoms with Gasteiger partial charge in [0.05, 0.1) is 5.56 Å². The maximum absolute atomic E-state index is 14.1. The first kappa shape index (κ1) is 12.0. The largest absolute Gasteiger partial charge is 0.459 e. The molecule has 1 aliphatic heterocycles. The number of rotatable bonds is 3. The van der Waals surface area contributed by atoms with Crippen molar-refractivity contribution in [3.63, 3.8) is 0 Å². The second-order valence-electron chi connectivity index (χ2n) is 4.34. The summed E-state index contributed by atoms with van der Waals surface area (Å²) in [6, 6.07) is 8.66. The minimum Gasteiger partial charge on any atom is -0.459 e. The Morgan fingerprint density at radius 1 is 1.29 bits per heavy atom. The van der Waals surface area contributed by atoms with E-state index in [-0.39, 0.29) is 6.61 Å². The second-order valence-corrected chi connectivity index (χ2v) is 4.34. The summed E-state index contributed by atoms with van der Waals surface area (Å²) < 4.78 is 19.2. The summed E-state index contributed by atoms with van der Waals surface area (Å²) in [7, 11) is 0. The summed E-state index contributed by atoms with van der Waals surface area (Å²) >= 11 is 0. The summed E-state index contributed by atoms with van der Waals surface area (Å²) in [4.78, 5) is 11.6. The summed E-state index contributed by atoms with van der Waals surface area (Å²) in [5.41, 5.74) is -0.902. The van der Waals surface area contributed by atoms with Crippen LogP contribution < -0.4 is 5.32 Å². The molecule has 0 saturated carbocycles. The lowest BCUT2D eigenvalue weighted by Crippen LogP contribution is -2.42. The Labute approximate surface area is 100.0 Å². The van der Waals surface area contributed by atoms with E-state index in [1.54, 1.807) is 24.3 Å². The molecule has 4 heteroatoms. The minimum absolute atomic E-state index is 0.150. The molecule has 0 unspecified atom stereocenters. The third-order valence-corrected chi connectivity index (χ3v) is 2.97. The lowest BCUT2D eigenvalue weighted by atomic mass is 9.95. The van der Waals surface area contributed by atoms with E-state index in [0.29, 0.717) is 31.5 Å². The molecular weight excluding hydrogens is 221 g/mol. The van der Waals surface area contributed by atoms with E-state index in [4.69, 9.17) is 4.74 Å². The van der Waals surface area contributed by atoms with Crippen LogP contribution in [-0.2, 0) is 4.74 Å². The fraction of sp³-hybridized carbons (Fsp3) is 0.462. The van der Waals surface area contributed by atoms with Gasteiger partial charge in [0, 0.05) is 0 Å². The molecule has 1 N–H and O–H groups in total. The monoisotopic (exact) mass is 237 g/mol. The lowest BCUT2D eigenvalue weighted by Gasteiger charge is -2.29. The Bertz CT molecular complexity index is 374. The van der Waals surface area contributed by atoms with Gasteiger partial charge in [0.1, 0.15) is 12.3 Å². The number of piperidine rings is 1. The van der Waals surface area contributed by atoms with E-state index < -0.39 is 11.6 Å². The molecule has 0 atom stereocenters. The number of nitrogens with one attached hydrogen (secondary N) is 1. The molecule has 0 bridgehead atoms. The maximum atomic E-state index is 14.1. The predicted octanol–water partition coefficient (Wildman–Crippen LogP) is 1.94. The molecule has 0 aliphatic carbocycles. The van der Waals surface area contributed by atoms with Gasteiger partial charge in [-0.15, -0.1) is 0 Å². The Hall–Kier alpha value is -1.42. The highest BCUT2D eigenvalue weighted by atomic mass is 19.1. The van der Waals surface area contributed by atoms with Crippen molar-refractivity contribution in [3.8, 4) is 0 Å². The molecule has 0 spiro atoms. The predicted molar refractivity (Wildman–Crippen MR) is 62.7 cm³/mol. The third kappa shape index (κ3) is 3.27. The molecule has 1 aliphatic rings. The fourth-order valence-corrected chi connectivity index (χ4v) is 1.87. The Balaban J connectivity index is 1.87. The highest BCUT2D eigenvalue weighted by molar-refractivity contribution is 5.89. The van der Waals surface area contributed by atoms with Gasteiger partial charge in [-0.25, -0.2) is 9.18 Å². The summed E-state index contributed by atoms with van der Waals surface area (Å²) in [5, 5.41) is 3.08. The average Bonchev–Trinajstić information content (AvgIpc) is 2.38. The van der Waals surface area contributed by atoms with Gasteiger partial charge >= 0.3 is 5.97 Å². The Morgan fingerprint density at radius 2 is 1.94 bits per heavy atom. The van der Waals surface area contributed by atoms with Gasteiger partial charge in [-0.3, -0.25) is 0 Å². The molecule has 1 heterocycles. The molecular formula is C13H16FNO2. The molecule has 92 valence electrons. The van der Waals surface area contributed by atoms with Crippen molar-refractivity contribution in [2.75, 3.05) is 19.7 Å². The van der Waals surface area contributed by atoms with Gasteiger partial charge in [-0.2, -0.15) is 0 Å². The summed E-state index contributed by atoms with van der Waals surface area (Å²) in [6.45, 7) is 1.13.